The number of nitrogens with one attached hydrogen (secondary N) is 1. The summed E-state index contributed by atoms with van der Waals surface area (Å²) in [5, 5.41) is 12.8. The van der Waals surface area contributed by atoms with E-state index in [-0.39, 0.29) is 18.6 Å². The molecule has 140 valence electrons. The van der Waals surface area contributed by atoms with Crippen LogP contribution in [0.5, 0.6) is 0 Å². The fraction of sp³-hybridized carbons (Fsp3) is 0.667. The van der Waals surface area contributed by atoms with Gasteiger partial charge in [0.15, 0.2) is 0 Å². The zero-order valence-corrected chi connectivity index (χ0v) is 16.2. The van der Waals surface area contributed by atoms with Gasteiger partial charge in [0.05, 0.1) is 6.04 Å². The summed E-state index contributed by atoms with van der Waals surface area (Å²) in [4.78, 5) is 15.0. The van der Waals surface area contributed by atoms with Gasteiger partial charge in [-0.25, -0.2) is 0 Å². The zero-order chi connectivity index (χ0) is 18.4. The minimum absolute atomic E-state index is 0.132. The standard InChI is InChI=1S/C21H34N2O2/c1-15(2)11-20(21(25)23-9-7-18(14-24)8-10-23)22-13-19-6-5-16(3)17(4)12-19/h5-6,12,15,18,20,22,24H,7-11,13-14H2,1-4H3. The Morgan fingerprint density at radius 3 is 2.48 bits per heavy atom. The first-order valence-corrected chi connectivity index (χ1v) is 9.59. The number of rotatable bonds is 7. The van der Waals surface area contributed by atoms with Crippen LogP contribution in [0.3, 0.4) is 0 Å². The Bertz CT molecular complexity index is 563. The summed E-state index contributed by atoms with van der Waals surface area (Å²) in [6.07, 6.45) is 2.67. The van der Waals surface area contributed by atoms with E-state index in [0.29, 0.717) is 11.8 Å². The second kappa shape index (κ2) is 9.35. The molecule has 0 aliphatic carbocycles. The van der Waals surface area contributed by atoms with Crippen molar-refractivity contribution in [3.8, 4) is 0 Å². The van der Waals surface area contributed by atoms with Gasteiger partial charge in [0.25, 0.3) is 0 Å². The van der Waals surface area contributed by atoms with Crippen molar-refractivity contribution in [1.82, 2.24) is 10.2 Å². The topological polar surface area (TPSA) is 52.6 Å². The zero-order valence-electron chi connectivity index (χ0n) is 16.2. The molecule has 1 atom stereocenters. The summed E-state index contributed by atoms with van der Waals surface area (Å²) in [6, 6.07) is 6.35. The van der Waals surface area contributed by atoms with Crippen LogP contribution in [0.1, 0.15) is 49.8 Å². The quantitative estimate of drug-likeness (QED) is 0.798. The van der Waals surface area contributed by atoms with Crippen molar-refractivity contribution in [2.45, 2.75) is 59.5 Å². The van der Waals surface area contributed by atoms with Gasteiger partial charge in [-0.2, -0.15) is 0 Å². The Kier molecular flexibility index (Phi) is 7.45. The van der Waals surface area contributed by atoms with Crippen LogP contribution in [0.2, 0.25) is 0 Å². The van der Waals surface area contributed by atoms with E-state index in [1.165, 1.54) is 16.7 Å². The number of aliphatic hydroxyl groups excluding tert-OH is 1. The van der Waals surface area contributed by atoms with Gasteiger partial charge < -0.3 is 15.3 Å². The molecule has 0 saturated carbocycles. The van der Waals surface area contributed by atoms with Crippen LogP contribution in [0, 0.1) is 25.7 Å². The molecular weight excluding hydrogens is 312 g/mol. The summed E-state index contributed by atoms with van der Waals surface area (Å²) in [5.74, 6) is 1.04. The highest BCUT2D eigenvalue weighted by Gasteiger charge is 2.28. The maximum absolute atomic E-state index is 13.0. The molecule has 0 bridgehead atoms. The van der Waals surface area contributed by atoms with Gasteiger partial charge in [-0.1, -0.05) is 32.0 Å². The maximum Gasteiger partial charge on any atom is 0.239 e. The van der Waals surface area contributed by atoms with E-state index < -0.39 is 0 Å². The molecule has 2 rings (SSSR count). The van der Waals surface area contributed by atoms with Crippen LogP contribution in [0.15, 0.2) is 18.2 Å². The van der Waals surface area contributed by atoms with Crippen LogP contribution in [0.4, 0.5) is 0 Å². The number of carbonyl (C=O) groups excluding carboxylic acids is 1. The lowest BCUT2D eigenvalue weighted by Crippen LogP contribution is -2.49. The maximum atomic E-state index is 13.0. The van der Waals surface area contributed by atoms with Gasteiger partial charge in [0, 0.05) is 26.2 Å². The van der Waals surface area contributed by atoms with Crippen LogP contribution in [0.25, 0.3) is 0 Å². The molecule has 1 aliphatic heterocycles. The van der Waals surface area contributed by atoms with Gasteiger partial charge in [-0.05, 0) is 61.6 Å². The van der Waals surface area contributed by atoms with Crippen LogP contribution in [-0.4, -0.2) is 41.7 Å². The van der Waals surface area contributed by atoms with Gasteiger partial charge >= 0.3 is 0 Å². The Labute approximate surface area is 152 Å². The minimum atomic E-state index is -0.132. The van der Waals surface area contributed by atoms with Crippen LogP contribution < -0.4 is 5.32 Å². The Balaban J connectivity index is 1.97. The molecule has 1 aromatic carbocycles. The smallest absolute Gasteiger partial charge is 0.239 e. The highest BCUT2D eigenvalue weighted by Crippen LogP contribution is 2.19. The van der Waals surface area contributed by atoms with Gasteiger partial charge in [0.1, 0.15) is 0 Å². The molecule has 1 heterocycles. The largest absolute Gasteiger partial charge is 0.396 e. The van der Waals surface area contributed by atoms with Crippen molar-refractivity contribution >= 4 is 5.91 Å². The fourth-order valence-corrected chi connectivity index (χ4v) is 3.45. The molecule has 1 aliphatic rings. The number of aliphatic hydroxyl groups is 1. The summed E-state index contributed by atoms with van der Waals surface area (Å²) < 4.78 is 0. The lowest BCUT2D eigenvalue weighted by atomic mass is 9.96. The molecule has 25 heavy (non-hydrogen) atoms. The Morgan fingerprint density at radius 1 is 1.24 bits per heavy atom. The molecule has 4 nitrogen and oxygen atoms in total. The van der Waals surface area contributed by atoms with Crippen LogP contribution >= 0.6 is 0 Å². The second-order valence-corrected chi connectivity index (χ2v) is 7.93. The van der Waals surface area contributed by atoms with E-state index in [1.807, 2.05) is 4.90 Å². The molecule has 1 unspecified atom stereocenters. The molecule has 2 N–H and O–H groups in total. The predicted molar refractivity (Wildman–Crippen MR) is 102 cm³/mol. The normalized spacial score (nSPS) is 17.1. The number of carbonyl (C=O) groups is 1. The van der Waals surface area contributed by atoms with E-state index in [1.54, 1.807) is 0 Å². The first-order chi connectivity index (χ1) is 11.9. The summed E-state index contributed by atoms with van der Waals surface area (Å²) >= 11 is 0. The monoisotopic (exact) mass is 346 g/mol. The first kappa shape index (κ1) is 19.9. The van der Waals surface area contributed by atoms with Crippen molar-refractivity contribution < 1.29 is 9.90 Å². The number of benzene rings is 1. The van der Waals surface area contributed by atoms with Gasteiger partial charge in [-0.3, -0.25) is 4.79 Å². The predicted octanol–water partition coefficient (Wildman–Crippen LogP) is 3.04. The molecular formula is C21H34N2O2. The second-order valence-electron chi connectivity index (χ2n) is 7.93. The highest BCUT2D eigenvalue weighted by atomic mass is 16.3. The minimum Gasteiger partial charge on any atom is -0.396 e. The van der Waals surface area contributed by atoms with E-state index in [2.05, 4.69) is 51.2 Å². The number of hydrogen-bond donors (Lipinski definition) is 2. The van der Waals surface area contributed by atoms with E-state index in [9.17, 15) is 9.90 Å². The van der Waals surface area contributed by atoms with E-state index >= 15 is 0 Å². The average Bonchev–Trinajstić information content (AvgIpc) is 2.60. The van der Waals surface area contributed by atoms with E-state index in [4.69, 9.17) is 0 Å². The fourth-order valence-electron chi connectivity index (χ4n) is 3.45. The molecule has 1 aromatic rings. The number of amides is 1. The highest BCUT2D eigenvalue weighted by molar-refractivity contribution is 5.82. The number of likely N-dealkylation sites (tertiary alicyclic amines) is 1. The number of piperidine rings is 1. The number of hydrogen-bond acceptors (Lipinski definition) is 3. The van der Waals surface area contributed by atoms with Crippen molar-refractivity contribution in [3.05, 3.63) is 34.9 Å². The summed E-state index contributed by atoms with van der Waals surface area (Å²) in [7, 11) is 0. The molecule has 1 fully saturated rings. The van der Waals surface area contributed by atoms with Gasteiger partial charge in [-0.15, -0.1) is 0 Å². The van der Waals surface area contributed by atoms with Crippen molar-refractivity contribution in [2.24, 2.45) is 11.8 Å². The average molecular weight is 347 g/mol. The third-order valence-corrected chi connectivity index (χ3v) is 5.31. The first-order valence-electron chi connectivity index (χ1n) is 9.59. The van der Waals surface area contributed by atoms with Crippen molar-refractivity contribution in [3.63, 3.8) is 0 Å². The Morgan fingerprint density at radius 2 is 1.92 bits per heavy atom. The Hall–Kier alpha value is -1.39. The molecule has 4 heteroatoms. The third kappa shape index (κ3) is 5.82. The van der Waals surface area contributed by atoms with Crippen molar-refractivity contribution in [2.75, 3.05) is 19.7 Å². The van der Waals surface area contributed by atoms with E-state index in [0.717, 1.165) is 38.9 Å². The summed E-state index contributed by atoms with van der Waals surface area (Å²) in [6.45, 7) is 11.1. The van der Waals surface area contributed by atoms with Crippen molar-refractivity contribution in [1.29, 1.82) is 0 Å². The molecule has 0 aromatic heterocycles. The summed E-state index contributed by atoms with van der Waals surface area (Å²) in [5.41, 5.74) is 3.81. The molecule has 0 spiro atoms. The third-order valence-electron chi connectivity index (χ3n) is 5.31. The SMILES string of the molecule is Cc1ccc(CNC(CC(C)C)C(=O)N2CCC(CO)CC2)cc1C. The number of aryl methyl sites for hydroxylation is 2. The lowest BCUT2D eigenvalue weighted by molar-refractivity contribution is -0.135. The van der Waals surface area contributed by atoms with Crippen LogP contribution in [-0.2, 0) is 11.3 Å². The molecule has 1 amide bonds. The molecule has 1 saturated heterocycles. The van der Waals surface area contributed by atoms with Gasteiger partial charge in [0.2, 0.25) is 5.91 Å². The molecule has 0 radical (unpaired) electrons. The lowest BCUT2D eigenvalue weighted by Gasteiger charge is -2.34. The number of nitrogens with zero attached hydrogens (tertiary/aromatic N) is 1.